The number of carbonyl (C=O) groups excluding carboxylic acids is 1. The molecule has 4 nitrogen and oxygen atoms in total. The van der Waals surface area contributed by atoms with Gasteiger partial charge in [-0.3, -0.25) is 9.69 Å². The maximum Gasteiger partial charge on any atom is 0.150 e. The van der Waals surface area contributed by atoms with Gasteiger partial charge in [-0.05, 0) is 87.7 Å². The molecule has 2 rings (SSSR count). The molecule has 1 aromatic carbocycles. The molecular formula is C34H57N3O. The number of anilines is 1. The predicted octanol–water partition coefficient (Wildman–Crippen LogP) is 7.81. The summed E-state index contributed by atoms with van der Waals surface area (Å²) < 4.78 is 0. The Morgan fingerprint density at radius 1 is 1.08 bits per heavy atom. The van der Waals surface area contributed by atoms with Crippen molar-refractivity contribution in [3.8, 4) is 0 Å². The van der Waals surface area contributed by atoms with Gasteiger partial charge in [0.2, 0.25) is 0 Å². The van der Waals surface area contributed by atoms with Crippen LogP contribution in [0, 0.1) is 11.8 Å². The molecule has 214 valence electrons. The van der Waals surface area contributed by atoms with Gasteiger partial charge in [0.1, 0.15) is 6.29 Å². The van der Waals surface area contributed by atoms with E-state index in [1.165, 1.54) is 82.3 Å². The van der Waals surface area contributed by atoms with Crippen LogP contribution in [0.2, 0.25) is 0 Å². The summed E-state index contributed by atoms with van der Waals surface area (Å²) in [7, 11) is 0. The summed E-state index contributed by atoms with van der Waals surface area (Å²) in [5.41, 5.74) is 3.34. The van der Waals surface area contributed by atoms with Crippen molar-refractivity contribution < 1.29 is 4.79 Å². The molecule has 1 aliphatic heterocycles. The Bertz CT molecular complexity index is 822. The molecule has 0 N–H and O–H groups in total. The molecule has 0 bridgehead atoms. The average Bonchev–Trinajstić information content (AvgIpc) is 3.18. The van der Waals surface area contributed by atoms with Gasteiger partial charge in [0.15, 0.2) is 0 Å². The molecule has 0 amide bonds. The Hall–Kier alpha value is -1.91. The van der Waals surface area contributed by atoms with Crippen LogP contribution in [0.4, 0.5) is 5.69 Å². The first-order chi connectivity index (χ1) is 18.4. The summed E-state index contributed by atoms with van der Waals surface area (Å²) in [4.78, 5) is 19.5. The molecule has 4 heteroatoms. The molecular weight excluding hydrogens is 466 g/mol. The molecule has 3 unspecified atom stereocenters. The smallest absolute Gasteiger partial charge is 0.150 e. The topological polar surface area (TPSA) is 26.8 Å². The summed E-state index contributed by atoms with van der Waals surface area (Å²) in [6.07, 6.45) is 15.3. The van der Waals surface area contributed by atoms with Gasteiger partial charge < -0.3 is 9.80 Å². The lowest BCUT2D eigenvalue weighted by Crippen LogP contribution is -2.39. The summed E-state index contributed by atoms with van der Waals surface area (Å²) in [6.45, 7) is 25.8. The van der Waals surface area contributed by atoms with Gasteiger partial charge in [0.25, 0.3) is 0 Å². The first kappa shape index (κ1) is 32.3. The van der Waals surface area contributed by atoms with E-state index in [0.29, 0.717) is 11.8 Å². The van der Waals surface area contributed by atoms with E-state index in [2.05, 4.69) is 67.7 Å². The average molecular weight is 524 g/mol. The highest BCUT2D eigenvalue weighted by atomic mass is 16.1. The normalized spacial score (nSPS) is 18.1. The minimum Gasteiger partial charge on any atom is -0.369 e. The van der Waals surface area contributed by atoms with E-state index in [-0.39, 0.29) is 0 Å². The van der Waals surface area contributed by atoms with Crippen molar-refractivity contribution in [2.24, 2.45) is 11.8 Å². The monoisotopic (exact) mass is 523 g/mol. The maximum absolute atomic E-state index is 11.7. The third-order valence-corrected chi connectivity index (χ3v) is 8.50. The van der Waals surface area contributed by atoms with Crippen molar-refractivity contribution in [3.63, 3.8) is 0 Å². The highest BCUT2D eigenvalue weighted by Crippen LogP contribution is 2.32. The van der Waals surface area contributed by atoms with Crippen LogP contribution in [0.5, 0.6) is 0 Å². The molecule has 1 heterocycles. The molecule has 3 atom stereocenters. The quantitative estimate of drug-likeness (QED) is 0.136. The fraction of sp³-hybridized carbons (Fsp3) is 0.676. The van der Waals surface area contributed by atoms with Crippen LogP contribution in [-0.4, -0.2) is 68.4 Å². The van der Waals surface area contributed by atoms with E-state index in [4.69, 9.17) is 0 Å². The van der Waals surface area contributed by atoms with Crippen LogP contribution < -0.4 is 4.90 Å². The van der Waals surface area contributed by atoms with E-state index in [9.17, 15) is 4.79 Å². The van der Waals surface area contributed by atoms with Crippen LogP contribution in [0.25, 0.3) is 0 Å². The zero-order valence-corrected chi connectivity index (χ0v) is 25.2. The van der Waals surface area contributed by atoms with Crippen LogP contribution in [0.1, 0.15) is 101 Å². The number of rotatable bonds is 19. The number of unbranched alkanes of at least 4 members (excludes halogenated alkanes) is 1. The number of nitrogens with zero attached hydrogens (tertiary/aromatic N) is 3. The predicted molar refractivity (Wildman–Crippen MR) is 167 cm³/mol. The largest absolute Gasteiger partial charge is 0.369 e. The molecule has 0 spiro atoms. The van der Waals surface area contributed by atoms with Gasteiger partial charge in [-0.2, -0.15) is 0 Å². The van der Waals surface area contributed by atoms with Crippen LogP contribution in [0.15, 0.2) is 43.5 Å². The van der Waals surface area contributed by atoms with Crippen LogP contribution >= 0.6 is 0 Å². The Kier molecular flexibility index (Phi) is 15.6. The Morgan fingerprint density at radius 2 is 1.89 bits per heavy atom. The summed E-state index contributed by atoms with van der Waals surface area (Å²) >= 11 is 0. The number of hydrogen-bond donors (Lipinski definition) is 0. The Balaban J connectivity index is 2.10. The van der Waals surface area contributed by atoms with Crippen molar-refractivity contribution in [3.05, 3.63) is 54.6 Å². The molecule has 1 aromatic rings. The zero-order valence-electron chi connectivity index (χ0n) is 25.2. The van der Waals surface area contributed by atoms with Crippen molar-refractivity contribution in [1.82, 2.24) is 9.80 Å². The van der Waals surface area contributed by atoms with Gasteiger partial charge in [-0.25, -0.2) is 0 Å². The van der Waals surface area contributed by atoms with E-state index in [0.717, 1.165) is 50.5 Å². The summed E-state index contributed by atoms with van der Waals surface area (Å²) in [5, 5.41) is 0. The molecule has 0 aliphatic carbocycles. The number of benzene rings is 1. The zero-order chi connectivity index (χ0) is 27.8. The van der Waals surface area contributed by atoms with E-state index < -0.39 is 0 Å². The number of aldehydes is 1. The fourth-order valence-corrected chi connectivity index (χ4v) is 5.84. The second-order valence-corrected chi connectivity index (χ2v) is 11.6. The van der Waals surface area contributed by atoms with Gasteiger partial charge in [-0.15, -0.1) is 13.2 Å². The van der Waals surface area contributed by atoms with Crippen molar-refractivity contribution in [1.29, 1.82) is 0 Å². The maximum atomic E-state index is 11.7. The molecule has 0 radical (unpaired) electrons. The minimum absolute atomic E-state index is 0.372. The first-order valence-electron chi connectivity index (χ1n) is 15.5. The molecule has 38 heavy (non-hydrogen) atoms. The van der Waals surface area contributed by atoms with E-state index >= 15 is 0 Å². The first-order valence-corrected chi connectivity index (χ1v) is 15.5. The van der Waals surface area contributed by atoms with Crippen LogP contribution in [0.3, 0.4) is 0 Å². The molecule has 0 aromatic heterocycles. The van der Waals surface area contributed by atoms with Crippen LogP contribution in [-0.2, 0) is 0 Å². The van der Waals surface area contributed by atoms with Crippen molar-refractivity contribution >= 4 is 12.0 Å². The van der Waals surface area contributed by atoms with Gasteiger partial charge in [-0.1, -0.05) is 71.2 Å². The minimum atomic E-state index is 0.372. The second kappa shape index (κ2) is 18.4. The van der Waals surface area contributed by atoms with Gasteiger partial charge in [0, 0.05) is 37.4 Å². The fourth-order valence-electron chi connectivity index (χ4n) is 5.84. The Labute approximate surface area is 235 Å². The highest BCUT2D eigenvalue weighted by molar-refractivity contribution is 5.78. The lowest BCUT2D eigenvalue weighted by atomic mass is 9.92. The SMILES string of the molecule is C=CCN(CCCN1CCCC(CC)CC1)CCN(CC(C)C=C)c1cc(C=O)ccc1C(C)CCCC. The third-order valence-electron chi connectivity index (χ3n) is 8.50. The second-order valence-electron chi connectivity index (χ2n) is 11.6. The van der Waals surface area contributed by atoms with Gasteiger partial charge >= 0.3 is 0 Å². The number of carbonyl (C=O) groups is 1. The van der Waals surface area contributed by atoms with E-state index in [1.807, 2.05) is 18.2 Å². The Morgan fingerprint density at radius 3 is 2.58 bits per heavy atom. The number of likely N-dealkylation sites (tertiary alicyclic amines) is 1. The van der Waals surface area contributed by atoms with Crippen molar-refractivity contribution in [2.75, 3.05) is 57.3 Å². The summed E-state index contributed by atoms with van der Waals surface area (Å²) in [6, 6.07) is 6.29. The lowest BCUT2D eigenvalue weighted by Gasteiger charge is -2.33. The van der Waals surface area contributed by atoms with E-state index in [1.54, 1.807) is 0 Å². The van der Waals surface area contributed by atoms with Crippen molar-refractivity contribution in [2.45, 2.75) is 85.0 Å². The molecule has 0 saturated carbocycles. The number of hydrogen-bond acceptors (Lipinski definition) is 4. The lowest BCUT2D eigenvalue weighted by molar-refractivity contribution is 0.112. The third kappa shape index (κ3) is 11.1. The summed E-state index contributed by atoms with van der Waals surface area (Å²) in [5.74, 6) is 1.77. The molecule has 1 fully saturated rings. The molecule has 1 aliphatic rings. The highest BCUT2D eigenvalue weighted by Gasteiger charge is 2.20. The standard InChI is InChI=1S/C34H57N3O/c1-7-11-14-30(6)33-17-16-32(28-38)26-34(33)37(27-29(5)9-3)25-24-35(19-8-2)21-13-22-36-20-12-15-31(10-4)18-23-36/h8-9,16-17,26,28-31H,2-3,7,10-15,18-25,27H2,1,4-6H3. The molecule has 1 saturated heterocycles. The van der Waals surface area contributed by atoms with Gasteiger partial charge in [0.05, 0.1) is 0 Å².